The quantitative estimate of drug-likeness (QED) is 0.728. The number of fused-ring (bicyclic) bond motifs is 2. The predicted molar refractivity (Wildman–Crippen MR) is 82.7 cm³/mol. The van der Waals surface area contributed by atoms with E-state index in [1.807, 2.05) is 0 Å². The first kappa shape index (κ1) is 16.1. The molecule has 0 bridgehead atoms. The highest BCUT2D eigenvalue weighted by Gasteiger charge is 2.70. The number of Topliss-reactive ketones (excluding diaryl/α,β-unsaturated/α-hetero) is 1. The molecule has 0 N–H and O–H groups in total. The molecule has 4 rings (SSSR count). The number of rotatable bonds is 1. The summed E-state index contributed by atoms with van der Waals surface area (Å²) in [6.45, 7) is 3.59. The lowest BCUT2D eigenvalue weighted by Crippen LogP contribution is -2.52. The Labute approximate surface area is 141 Å². The van der Waals surface area contributed by atoms with Crippen molar-refractivity contribution in [1.29, 1.82) is 0 Å². The van der Waals surface area contributed by atoms with E-state index in [0.29, 0.717) is 11.1 Å². The third-order valence-corrected chi connectivity index (χ3v) is 4.51. The minimum absolute atomic E-state index is 0.00962. The second-order valence-corrected chi connectivity index (χ2v) is 6.06. The topological polar surface area (TPSA) is 35.5 Å². The van der Waals surface area contributed by atoms with Gasteiger partial charge in [0.2, 0.25) is 5.78 Å². The Hall–Kier alpha value is -2.44. The molecule has 3 nitrogen and oxygen atoms in total. The smallest absolute Gasteiger partial charge is 0.336 e. The number of carbonyl (C=O) groups excluding carboxylic acids is 1. The van der Waals surface area contributed by atoms with E-state index in [0.717, 1.165) is 0 Å². The first-order valence-corrected chi connectivity index (χ1v) is 7.64. The lowest BCUT2D eigenvalue weighted by Gasteiger charge is -2.42. The molecule has 25 heavy (non-hydrogen) atoms. The minimum Gasteiger partial charge on any atom is -0.336 e. The van der Waals surface area contributed by atoms with Crippen molar-refractivity contribution in [2.75, 3.05) is 6.61 Å². The van der Waals surface area contributed by atoms with Gasteiger partial charge in [-0.2, -0.15) is 8.78 Å². The van der Waals surface area contributed by atoms with Gasteiger partial charge in [-0.3, -0.25) is 4.79 Å². The fourth-order valence-corrected chi connectivity index (χ4v) is 3.26. The Morgan fingerprint density at radius 1 is 1.08 bits per heavy atom. The molecule has 0 aromatic heterocycles. The summed E-state index contributed by atoms with van der Waals surface area (Å²) in [5.74, 6) is -8.19. The number of benzene rings is 2. The summed E-state index contributed by atoms with van der Waals surface area (Å²) >= 11 is 0. The maximum atomic E-state index is 14.9. The van der Waals surface area contributed by atoms with Crippen molar-refractivity contribution in [3.63, 3.8) is 0 Å². The largest absolute Gasteiger partial charge is 0.366 e. The molecule has 1 saturated heterocycles. The average molecular weight is 346 g/mol. The van der Waals surface area contributed by atoms with Gasteiger partial charge in [0.25, 0.3) is 5.79 Å². The fraction of sp³-hybridized carbons (Fsp3) is 0.211. The van der Waals surface area contributed by atoms with Crippen molar-refractivity contribution in [3.05, 3.63) is 83.2 Å². The van der Waals surface area contributed by atoms with E-state index in [9.17, 15) is 18.0 Å². The lowest BCUT2D eigenvalue weighted by atomic mass is 9.98. The lowest BCUT2D eigenvalue weighted by molar-refractivity contribution is -0.352. The van der Waals surface area contributed by atoms with Crippen LogP contribution in [0.25, 0.3) is 0 Å². The number of ketones is 1. The first-order chi connectivity index (χ1) is 11.9. The molecule has 1 heterocycles. The Balaban J connectivity index is 1.83. The van der Waals surface area contributed by atoms with Gasteiger partial charge in [-0.1, -0.05) is 43.0 Å². The molecule has 128 valence electrons. The minimum atomic E-state index is -3.88. The maximum absolute atomic E-state index is 14.9. The second kappa shape index (κ2) is 5.28. The molecule has 6 heteroatoms. The van der Waals surface area contributed by atoms with E-state index in [1.165, 1.54) is 48.5 Å². The SMILES string of the molecule is C=C1CO[C@]2(O[C@H]1c1ccc(F)cc1)c1ccccc1C(=O)C2(F)F. The number of carbonyl (C=O) groups is 1. The van der Waals surface area contributed by atoms with Crippen LogP contribution in [-0.4, -0.2) is 18.3 Å². The molecule has 0 amide bonds. The molecule has 0 radical (unpaired) electrons. The van der Waals surface area contributed by atoms with Crippen molar-refractivity contribution >= 4 is 5.78 Å². The van der Waals surface area contributed by atoms with Crippen LogP contribution < -0.4 is 0 Å². The van der Waals surface area contributed by atoms with Gasteiger partial charge in [-0.15, -0.1) is 0 Å². The van der Waals surface area contributed by atoms with Gasteiger partial charge >= 0.3 is 5.92 Å². The van der Waals surface area contributed by atoms with E-state index in [4.69, 9.17) is 9.47 Å². The van der Waals surface area contributed by atoms with Crippen molar-refractivity contribution in [2.45, 2.75) is 17.8 Å². The zero-order valence-electron chi connectivity index (χ0n) is 13.0. The Bertz CT molecular complexity index is 876. The molecular weight excluding hydrogens is 333 g/mol. The van der Waals surface area contributed by atoms with Gasteiger partial charge in [0.05, 0.1) is 6.61 Å². The molecule has 1 fully saturated rings. The second-order valence-electron chi connectivity index (χ2n) is 6.06. The van der Waals surface area contributed by atoms with Gasteiger partial charge in [0, 0.05) is 11.1 Å². The van der Waals surface area contributed by atoms with Crippen LogP contribution in [-0.2, 0) is 15.3 Å². The maximum Gasteiger partial charge on any atom is 0.366 e. The summed E-state index contributed by atoms with van der Waals surface area (Å²) in [6, 6.07) is 11.0. The van der Waals surface area contributed by atoms with E-state index >= 15 is 0 Å². The number of ether oxygens (including phenoxy) is 2. The number of halogens is 3. The molecule has 1 aliphatic heterocycles. The van der Waals surface area contributed by atoms with Gasteiger partial charge in [0.15, 0.2) is 0 Å². The zero-order chi connectivity index (χ0) is 17.8. The monoisotopic (exact) mass is 346 g/mol. The first-order valence-electron chi connectivity index (χ1n) is 7.64. The van der Waals surface area contributed by atoms with E-state index < -0.39 is 29.4 Å². The van der Waals surface area contributed by atoms with Crippen LogP contribution in [0.3, 0.4) is 0 Å². The summed E-state index contributed by atoms with van der Waals surface area (Å²) < 4.78 is 53.9. The van der Waals surface area contributed by atoms with E-state index in [1.54, 1.807) is 0 Å². The normalized spacial score (nSPS) is 27.6. The molecule has 1 aliphatic carbocycles. The van der Waals surface area contributed by atoms with Crippen LogP contribution in [0.4, 0.5) is 13.2 Å². The average Bonchev–Trinajstić information content (AvgIpc) is 2.77. The molecule has 2 atom stereocenters. The van der Waals surface area contributed by atoms with Crippen LogP contribution in [0.1, 0.15) is 27.6 Å². The molecule has 0 unspecified atom stereocenters. The van der Waals surface area contributed by atoms with Crippen molar-refractivity contribution < 1.29 is 27.4 Å². The predicted octanol–water partition coefficient (Wildman–Crippen LogP) is 4.15. The zero-order valence-corrected chi connectivity index (χ0v) is 13.0. The highest BCUT2D eigenvalue weighted by Crippen LogP contribution is 2.55. The Kier molecular flexibility index (Phi) is 3.39. The number of hydrogen-bond acceptors (Lipinski definition) is 3. The summed E-state index contributed by atoms with van der Waals surface area (Å²) in [5, 5.41) is 0. The summed E-state index contributed by atoms with van der Waals surface area (Å²) in [6.07, 6.45) is -0.945. The number of alkyl halides is 2. The molecule has 2 aromatic rings. The van der Waals surface area contributed by atoms with Crippen molar-refractivity contribution in [1.82, 2.24) is 0 Å². The van der Waals surface area contributed by atoms with Crippen molar-refractivity contribution in [3.8, 4) is 0 Å². The van der Waals surface area contributed by atoms with Gasteiger partial charge in [0.1, 0.15) is 11.9 Å². The Morgan fingerprint density at radius 3 is 2.48 bits per heavy atom. The van der Waals surface area contributed by atoms with Crippen LogP contribution >= 0.6 is 0 Å². The van der Waals surface area contributed by atoms with Crippen LogP contribution in [0.15, 0.2) is 60.7 Å². The fourth-order valence-electron chi connectivity index (χ4n) is 3.26. The van der Waals surface area contributed by atoms with Gasteiger partial charge < -0.3 is 9.47 Å². The molecule has 1 spiro atoms. The Morgan fingerprint density at radius 2 is 1.76 bits per heavy atom. The molecule has 0 saturated carbocycles. The number of hydrogen-bond donors (Lipinski definition) is 0. The molecule has 2 aliphatic rings. The summed E-state index contributed by atoms with van der Waals surface area (Å²) in [7, 11) is 0. The third-order valence-electron chi connectivity index (χ3n) is 4.51. The summed E-state index contributed by atoms with van der Waals surface area (Å²) in [5.41, 5.74) is 0.731. The van der Waals surface area contributed by atoms with E-state index in [-0.39, 0.29) is 17.7 Å². The third kappa shape index (κ3) is 2.11. The van der Waals surface area contributed by atoms with Crippen molar-refractivity contribution in [2.24, 2.45) is 0 Å². The van der Waals surface area contributed by atoms with Crippen LogP contribution in [0, 0.1) is 5.82 Å². The highest BCUT2D eigenvalue weighted by molar-refractivity contribution is 6.07. The van der Waals surface area contributed by atoms with Gasteiger partial charge in [-0.25, -0.2) is 4.39 Å². The molecule has 2 aromatic carbocycles. The van der Waals surface area contributed by atoms with Gasteiger partial charge in [-0.05, 0) is 23.3 Å². The van der Waals surface area contributed by atoms with Crippen LogP contribution in [0.5, 0.6) is 0 Å². The summed E-state index contributed by atoms with van der Waals surface area (Å²) in [4.78, 5) is 12.2. The van der Waals surface area contributed by atoms with E-state index in [2.05, 4.69) is 6.58 Å². The van der Waals surface area contributed by atoms with Crippen LogP contribution in [0.2, 0.25) is 0 Å². The molecular formula is C19H13F3O3. The highest BCUT2D eigenvalue weighted by atomic mass is 19.3. The standard InChI is InChI=1S/C19H13F3O3/c1-11-10-24-19(25-16(11)12-6-8-13(20)9-7-12)15-5-3-2-4-14(15)17(23)18(19,21)22/h2-9,16H,1,10H2/t16-,19+/m1/s1.